The van der Waals surface area contributed by atoms with Crippen LogP contribution in [0.2, 0.25) is 0 Å². The summed E-state index contributed by atoms with van der Waals surface area (Å²) < 4.78 is 37.4. The first kappa shape index (κ1) is 13.8. The molecule has 1 unspecified atom stereocenters. The number of aromatic amines is 1. The first-order valence-corrected chi connectivity index (χ1v) is 6.38. The molecule has 0 aliphatic heterocycles. The van der Waals surface area contributed by atoms with Crippen LogP contribution >= 0.6 is 11.8 Å². The van der Waals surface area contributed by atoms with Crippen LogP contribution in [0.25, 0.3) is 0 Å². The van der Waals surface area contributed by atoms with Crippen LogP contribution in [0.5, 0.6) is 0 Å². The van der Waals surface area contributed by atoms with Crippen LogP contribution in [0.4, 0.5) is 18.9 Å². The first-order chi connectivity index (χ1) is 8.96. The Balaban J connectivity index is 2.16. The van der Waals surface area contributed by atoms with Crippen LogP contribution in [0.3, 0.4) is 0 Å². The van der Waals surface area contributed by atoms with Crippen molar-refractivity contribution < 1.29 is 13.2 Å². The largest absolute Gasteiger partial charge is 0.446 e. The van der Waals surface area contributed by atoms with Crippen molar-refractivity contribution in [2.45, 2.75) is 23.4 Å². The number of alkyl halides is 3. The number of nitrogens with one attached hydrogen (secondary N) is 2. The molecule has 0 radical (unpaired) electrons. The maximum absolute atomic E-state index is 12.5. The highest BCUT2D eigenvalue weighted by Gasteiger charge is 2.30. The van der Waals surface area contributed by atoms with E-state index in [-0.39, 0.29) is 22.7 Å². The molecule has 3 nitrogen and oxygen atoms in total. The molecule has 1 atom stereocenters. The van der Waals surface area contributed by atoms with Crippen LogP contribution in [-0.2, 0) is 0 Å². The fraction of sp³-hybridized carbons (Fsp3) is 0.250. The third kappa shape index (κ3) is 3.92. The van der Waals surface area contributed by atoms with Gasteiger partial charge in [-0.2, -0.15) is 18.3 Å². The second-order valence-electron chi connectivity index (χ2n) is 3.92. The van der Waals surface area contributed by atoms with Crippen molar-refractivity contribution in [2.24, 2.45) is 0 Å². The molecule has 2 N–H and O–H groups in total. The minimum Gasteiger partial charge on any atom is -0.376 e. The van der Waals surface area contributed by atoms with Crippen LogP contribution in [-0.4, -0.2) is 15.7 Å². The van der Waals surface area contributed by atoms with Gasteiger partial charge in [-0.25, -0.2) is 0 Å². The Kier molecular flexibility index (Phi) is 4.04. The van der Waals surface area contributed by atoms with Gasteiger partial charge in [-0.15, -0.1) is 0 Å². The van der Waals surface area contributed by atoms with Gasteiger partial charge in [0.1, 0.15) is 0 Å². The molecule has 0 saturated carbocycles. The molecule has 1 aromatic heterocycles. The van der Waals surface area contributed by atoms with Crippen LogP contribution < -0.4 is 5.32 Å². The normalized spacial score (nSPS) is 13.3. The molecule has 2 aromatic rings. The lowest BCUT2D eigenvalue weighted by Gasteiger charge is -2.17. The maximum Gasteiger partial charge on any atom is 0.446 e. The van der Waals surface area contributed by atoms with E-state index in [1.54, 1.807) is 30.5 Å². The predicted molar refractivity (Wildman–Crippen MR) is 69.0 cm³/mol. The number of hydrogen-bond acceptors (Lipinski definition) is 3. The van der Waals surface area contributed by atoms with E-state index in [0.29, 0.717) is 5.69 Å². The third-order valence-corrected chi connectivity index (χ3v) is 3.28. The van der Waals surface area contributed by atoms with E-state index < -0.39 is 5.51 Å². The van der Waals surface area contributed by atoms with Crippen molar-refractivity contribution in [3.05, 3.63) is 42.2 Å². The van der Waals surface area contributed by atoms with Gasteiger partial charge in [-0.05, 0) is 36.9 Å². The summed E-state index contributed by atoms with van der Waals surface area (Å²) >= 11 is -0.122. The Morgan fingerprint density at radius 1 is 1.26 bits per heavy atom. The highest BCUT2D eigenvalue weighted by molar-refractivity contribution is 8.00. The minimum atomic E-state index is -4.30. The summed E-state index contributed by atoms with van der Waals surface area (Å²) in [4.78, 5) is 0.154. The smallest absolute Gasteiger partial charge is 0.376 e. The lowest BCUT2D eigenvalue weighted by atomic mass is 10.2. The molecular weight excluding hydrogens is 275 g/mol. The van der Waals surface area contributed by atoms with E-state index in [0.717, 1.165) is 5.69 Å². The Morgan fingerprint density at radius 3 is 2.63 bits per heavy atom. The van der Waals surface area contributed by atoms with Crippen molar-refractivity contribution in [1.82, 2.24) is 10.2 Å². The number of para-hydroxylation sites is 1. The summed E-state index contributed by atoms with van der Waals surface area (Å²) in [7, 11) is 0. The van der Waals surface area contributed by atoms with Crippen molar-refractivity contribution in [1.29, 1.82) is 0 Å². The monoisotopic (exact) mass is 287 g/mol. The van der Waals surface area contributed by atoms with E-state index in [1.807, 2.05) is 6.92 Å². The van der Waals surface area contributed by atoms with Crippen molar-refractivity contribution in [3.63, 3.8) is 0 Å². The number of nitrogens with zero attached hydrogens (tertiary/aromatic N) is 1. The Morgan fingerprint density at radius 2 is 2.00 bits per heavy atom. The molecule has 0 amide bonds. The highest BCUT2D eigenvalue weighted by atomic mass is 32.2. The number of halogens is 3. The zero-order valence-corrected chi connectivity index (χ0v) is 10.8. The van der Waals surface area contributed by atoms with Gasteiger partial charge in [0.05, 0.1) is 11.7 Å². The van der Waals surface area contributed by atoms with Crippen LogP contribution in [0.15, 0.2) is 41.4 Å². The molecule has 1 aromatic carbocycles. The Bertz CT molecular complexity index is 525. The average Bonchev–Trinajstić information content (AvgIpc) is 2.83. The minimum absolute atomic E-state index is 0.122. The SMILES string of the molecule is CC(Nc1ccccc1SC(F)(F)F)c1ccn[nH]1. The average molecular weight is 287 g/mol. The second kappa shape index (κ2) is 5.56. The van der Waals surface area contributed by atoms with E-state index in [9.17, 15) is 13.2 Å². The van der Waals surface area contributed by atoms with E-state index in [1.165, 1.54) is 6.07 Å². The van der Waals surface area contributed by atoms with Gasteiger partial charge < -0.3 is 5.32 Å². The molecule has 2 rings (SSSR count). The molecule has 0 saturated heterocycles. The maximum atomic E-state index is 12.5. The second-order valence-corrected chi connectivity index (χ2v) is 5.03. The zero-order valence-electron chi connectivity index (χ0n) is 10.0. The third-order valence-electron chi connectivity index (χ3n) is 2.47. The molecule has 0 aliphatic rings. The molecule has 7 heteroatoms. The summed E-state index contributed by atoms with van der Waals surface area (Å²) in [6.07, 6.45) is 1.60. The van der Waals surface area contributed by atoms with Gasteiger partial charge in [-0.3, -0.25) is 5.10 Å². The fourth-order valence-corrected chi connectivity index (χ4v) is 2.25. The highest BCUT2D eigenvalue weighted by Crippen LogP contribution is 2.40. The van der Waals surface area contributed by atoms with E-state index >= 15 is 0 Å². The summed E-state index contributed by atoms with van der Waals surface area (Å²) in [6, 6.07) is 7.97. The molecule has 0 bridgehead atoms. The molecular formula is C12H12F3N3S. The predicted octanol–water partition coefficient (Wildman–Crippen LogP) is 4.19. The van der Waals surface area contributed by atoms with E-state index in [2.05, 4.69) is 15.5 Å². The first-order valence-electron chi connectivity index (χ1n) is 5.56. The number of hydrogen-bond donors (Lipinski definition) is 2. The van der Waals surface area contributed by atoms with E-state index in [4.69, 9.17) is 0 Å². The molecule has 0 aliphatic carbocycles. The van der Waals surface area contributed by atoms with Gasteiger partial charge in [-0.1, -0.05) is 12.1 Å². The van der Waals surface area contributed by atoms with Gasteiger partial charge in [0.25, 0.3) is 0 Å². The molecule has 0 spiro atoms. The summed E-state index contributed by atoms with van der Waals surface area (Å²) in [5.41, 5.74) is -3.03. The number of H-pyrrole nitrogens is 1. The summed E-state index contributed by atoms with van der Waals surface area (Å²) in [5.74, 6) is 0. The Labute approximate surface area is 112 Å². The topological polar surface area (TPSA) is 40.7 Å². The lowest BCUT2D eigenvalue weighted by Crippen LogP contribution is -2.09. The van der Waals surface area contributed by atoms with Gasteiger partial charge >= 0.3 is 5.51 Å². The number of thioether (sulfide) groups is 1. The quantitative estimate of drug-likeness (QED) is 0.828. The number of benzene rings is 1. The molecule has 1 heterocycles. The number of aromatic nitrogens is 2. The number of rotatable bonds is 4. The molecule has 19 heavy (non-hydrogen) atoms. The van der Waals surface area contributed by atoms with Gasteiger partial charge in [0, 0.05) is 16.8 Å². The van der Waals surface area contributed by atoms with Crippen LogP contribution in [0, 0.1) is 0 Å². The van der Waals surface area contributed by atoms with Gasteiger partial charge in [0.2, 0.25) is 0 Å². The summed E-state index contributed by atoms with van der Waals surface area (Å²) in [5, 5.41) is 9.64. The standard InChI is InChI=1S/C12H12F3N3S/c1-8(9-6-7-16-18-9)17-10-4-2-3-5-11(10)19-12(13,14)15/h2-8,17H,1H3,(H,16,18). The zero-order chi connectivity index (χ0) is 13.9. The number of anilines is 1. The fourth-order valence-electron chi connectivity index (χ4n) is 1.62. The van der Waals surface area contributed by atoms with Crippen LogP contribution in [0.1, 0.15) is 18.7 Å². The lowest BCUT2D eigenvalue weighted by molar-refractivity contribution is -0.0327. The Hall–Kier alpha value is -1.63. The van der Waals surface area contributed by atoms with Crippen molar-refractivity contribution in [2.75, 3.05) is 5.32 Å². The van der Waals surface area contributed by atoms with Crippen molar-refractivity contribution in [3.8, 4) is 0 Å². The molecule has 102 valence electrons. The summed E-state index contributed by atoms with van der Waals surface area (Å²) in [6.45, 7) is 1.85. The van der Waals surface area contributed by atoms with Gasteiger partial charge in [0.15, 0.2) is 0 Å². The molecule has 0 fully saturated rings. The van der Waals surface area contributed by atoms with Crippen molar-refractivity contribution >= 4 is 17.4 Å².